The van der Waals surface area contributed by atoms with Gasteiger partial charge in [-0.25, -0.2) is 9.71 Å². The second kappa shape index (κ2) is 5.96. The van der Waals surface area contributed by atoms with E-state index >= 15 is 0 Å². The minimum atomic E-state index is -3.80. The Kier molecular flexibility index (Phi) is 4.45. The lowest BCUT2D eigenvalue weighted by molar-refractivity contribution is -0.137. The number of nitrogens with one attached hydrogen (secondary N) is 1. The molecule has 1 heterocycles. The summed E-state index contributed by atoms with van der Waals surface area (Å²) in [5, 5.41) is 8.85. The Balaban J connectivity index is 2.16. The summed E-state index contributed by atoms with van der Waals surface area (Å²) >= 11 is 1.24. The summed E-state index contributed by atoms with van der Waals surface area (Å²) in [4.78, 5) is 14.7. The maximum Gasteiger partial charge on any atom is 0.304 e. The van der Waals surface area contributed by atoms with E-state index in [2.05, 4.69) is 9.71 Å². The number of nitrogens with zero attached hydrogens (tertiary/aromatic N) is 2. The maximum absolute atomic E-state index is 12.0. The highest BCUT2D eigenvalue weighted by molar-refractivity contribution is 7.90. The van der Waals surface area contributed by atoms with E-state index in [1.807, 2.05) is 25.1 Å². The molecule has 0 radical (unpaired) electrons. The van der Waals surface area contributed by atoms with Crippen molar-refractivity contribution >= 4 is 42.9 Å². The fraction of sp³-hybridized carbons (Fsp3) is 0.333. The summed E-state index contributed by atoms with van der Waals surface area (Å²) in [6.07, 6.45) is -0.254. The molecule has 9 heteroatoms. The highest BCUT2D eigenvalue weighted by atomic mass is 32.2. The number of hydrogen-bond donors (Lipinski definition) is 2. The lowest BCUT2D eigenvalue weighted by Crippen LogP contribution is -2.34. The van der Waals surface area contributed by atoms with Crippen molar-refractivity contribution in [2.45, 2.75) is 13.3 Å². The second-order valence-corrected chi connectivity index (χ2v) is 7.37. The van der Waals surface area contributed by atoms with Gasteiger partial charge in [-0.2, -0.15) is 12.7 Å². The number of benzene rings is 1. The molecule has 7 nitrogen and oxygen atoms in total. The van der Waals surface area contributed by atoms with Crippen LogP contribution in [0.25, 0.3) is 10.2 Å². The van der Waals surface area contributed by atoms with E-state index in [-0.39, 0.29) is 18.1 Å². The van der Waals surface area contributed by atoms with Crippen molar-refractivity contribution in [2.75, 3.05) is 18.3 Å². The van der Waals surface area contributed by atoms with Crippen LogP contribution in [0.4, 0.5) is 5.13 Å². The monoisotopic (exact) mass is 329 g/mol. The number of fused-ring (bicyclic) bond motifs is 1. The van der Waals surface area contributed by atoms with Crippen LogP contribution >= 0.6 is 11.3 Å². The van der Waals surface area contributed by atoms with Gasteiger partial charge in [-0.05, 0) is 24.6 Å². The highest BCUT2D eigenvalue weighted by Crippen LogP contribution is 2.27. The maximum atomic E-state index is 12.0. The van der Waals surface area contributed by atoms with Crippen LogP contribution in [0.5, 0.6) is 0 Å². The number of rotatable bonds is 6. The first-order valence-corrected chi connectivity index (χ1v) is 8.36. The molecule has 0 atom stereocenters. The zero-order chi connectivity index (χ0) is 15.6. The number of aromatic nitrogens is 1. The third-order valence-corrected chi connectivity index (χ3v) is 5.33. The van der Waals surface area contributed by atoms with Gasteiger partial charge in [-0.1, -0.05) is 17.4 Å². The molecule has 0 unspecified atom stereocenters. The van der Waals surface area contributed by atoms with Crippen molar-refractivity contribution in [1.29, 1.82) is 0 Å². The molecule has 0 aliphatic heterocycles. The smallest absolute Gasteiger partial charge is 0.304 e. The Bertz CT molecular complexity index is 770. The van der Waals surface area contributed by atoms with E-state index in [9.17, 15) is 13.2 Å². The van der Waals surface area contributed by atoms with Crippen LogP contribution in [0.3, 0.4) is 0 Å². The molecule has 114 valence electrons. The van der Waals surface area contributed by atoms with Crippen molar-refractivity contribution in [3.8, 4) is 0 Å². The molecule has 0 saturated heterocycles. The normalized spacial score (nSPS) is 12.0. The first-order chi connectivity index (χ1) is 9.78. The van der Waals surface area contributed by atoms with Gasteiger partial charge in [-0.3, -0.25) is 4.79 Å². The first kappa shape index (κ1) is 15.7. The van der Waals surface area contributed by atoms with Crippen LogP contribution in [0, 0.1) is 6.92 Å². The fourth-order valence-corrected chi connectivity index (χ4v) is 3.69. The summed E-state index contributed by atoms with van der Waals surface area (Å²) in [7, 11) is -2.48. The molecular weight excluding hydrogens is 314 g/mol. The van der Waals surface area contributed by atoms with Gasteiger partial charge in [0.1, 0.15) is 0 Å². The van der Waals surface area contributed by atoms with Gasteiger partial charge in [0.15, 0.2) is 5.13 Å². The zero-order valence-electron chi connectivity index (χ0n) is 11.5. The number of anilines is 1. The lowest BCUT2D eigenvalue weighted by atomic mass is 10.2. The summed E-state index contributed by atoms with van der Waals surface area (Å²) in [6, 6.07) is 5.66. The van der Waals surface area contributed by atoms with Crippen LogP contribution in [-0.2, 0) is 15.0 Å². The Morgan fingerprint density at radius 2 is 2.19 bits per heavy atom. The van der Waals surface area contributed by atoms with E-state index in [1.165, 1.54) is 18.4 Å². The zero-order valence-corrected chi connectivity index (χ0v) is 13.2. The molecule has 0 spiro atoms. The molecule has 1 aromatic heterocycles. The Morgan fingerprint density at radius 1 is 1.48 bits per heavy atom. The van der Waals surface area contributed by atoms with E-state index < -0.39 is 16.2 Å². The third-order valence-electron chi connectivity index (χ3n) is 2.81. The first-order valence-electron chi connectivity index (χ1n) is 6.11. The van der Waals surface area contributed by atoms with E-state index in [4.69, 9.17) is 5.11 Å². The number of aliphatic carboxylic acids is 1. The van der Waals surface area contributed by atoms with Gasteiger partial charge in [0.25, 0.3) is 0 Å². The van der Waals surface area contributed by atoms with Crippen LogP contribution in [-0.4, -0.2) is 42.4 Å². The van der Waals surface area contributed by atoms with Gasteiger partial charge in [0.05, 0.1) is 16.6 Å². The molecule has 1 aromatic carbocycles. The number of carboxylic acid groups (broad SMARTS) is 1. The van der Waals surface area contributed by atoms with Gasteiger partial charge < -0.3 is 5.11 Å². The Labute approximate surface area is 126 Å². The topological polar surface area (TPSA) is 99.6 Å². The largest absolute Gasteiger partial charge is 0.481 e. The quantitative estimate of drug-likeness (QED) is 0.840. The summed E-state index contributed by atoms with van der Waals surface area (Å²) in [6.45, 7) is 1.84. The van der Waals surface area contributed by atoms with Gasteiger partial charge in [0.2, 0.25) is 0 Å². The number of thiazole rings is 1. The SMILES string of the molecule is Cc1ccc2nc(NS(=O)(=O)N(C)CCC(=O)O)sc2c1. The lowest BCUT2D eigenvalue weighted by Gasteiger charge is -2.15. The fourth-order valence-electron chi connectivity index (χ4n) is 1.64. The van der Waals surface area contributed by atoms with Crippen molar-refractivity contribution < 1.29 is 18.3 Å². The molecular formula is C12H15N3O4S2. The predicted molar refractivity (Wildman–Crippen MR) is 81.8 cm³/mol. The molecule has 2 rings (SSSR count). The second-order valence-electron chi connectivity index (χ2n) is 4.56. The van der Waals surface area contributed by atoms with Crippen molar-refractivity contribution in [1.82, 2.24) is 9.29 Å². The third kappa shape index (κ3) is 3.90. The Morgan fingerprint density at radius 3 is 2.86 bits per heavy atom. The predicted octanol–water partition coefficient (Wildman–Crippen LogP) is 1.67. The molecule has 0 aliphatic carbocycles. The van der Waals surface area contributed by atoms with Gasteiger partial charge in [0, 0.05) is 13.6 Å². The average molecular weight is 329 g/mol. The number of carboxylic acids is 1. The minimum absolute atomic E-state index is 0.103. The Hall–Kier alpha value is -1.71. The number of aryl methyl sites for hydroxylation is 1. The van der Waals surface area contributed by atoms with Crippen molar-refractivity contribution in [3.05, 3.63) is 23.8 Å². The summed E-state index contributed by atoms with van der Waals surface area (Å²) in [5.41, 5.74) is 1.79. The number of carbonyl (C=O) groups is 1. The molecule has 0 saturated carbocycles. The standard InChI is InChI=1S/C12H15N3O4S2/c1-8-3-4-9-10(7-8)20-12(13-9)14-21(18,19)15(2)6-5-11(16)17/h3-4,7H,5-6H2,1-2H3,(H,13,14)(H,16,17). The molecule has 2 N–H and O–H groups in total. The summed E-state index contributed by atoms with van der Waals surface area (Å²) in [5.74, 6) is -1.05. The van der Waals surface area contributed by atoms with E-state index in [0.29, 0.717) is 0 Å². The van der Waals surface area contributed by atoms with Crippen LogP contribution < -0.4 is 4.72 Å². The van der Waals surface area contributed by atoms with Crippen molar-refractivity contribution in [2.24, 2.45) is 0 Å². The van der Waals surface area contributed by atoms with Crippen LogP contribution in [0.1, 0.15) is 12.0 Å². The molecule has 0 bridgehead atoms. The summed E-state index contributed by atoms with van der Waals surface area (Å²) < 4.78 is 28.3. The van der Waals surface area contributed by atoms with E-state index in [1.54, 1.807) is 0 Å². The molecule has 0 fully saturated rings. The number of hydrogen-bond acceptors (Lipinski definition) is 5. The van der Waals surface area contributed by atoms with Crippen LogP contribution in [0.2, 0.25) is 0 Å². The average Bonchev–Trinajstić information content (AvgIpc) is 2.76. The minimum Gasteiger partial charge on any atom is -0.481 e. The van der Waals surface area contributed by atoms with Gasteiger partial charge >= 0.3 is 16.2 Å². The molecule has 0 aliphatic rings. The molecule has 0 amide bonds. The van der Waals surface area contributed by atoms with Crippen LogP contribution in [0.15, 0.2) is 18.2 Å². The van der Waals surface area contributed by atoms with E-state index in [0.717, 1.165) is 20.1 Å². The van der Waals surface area contributed by atoms with Gasteiger partial charge in [-0.15, -0.1) is 0 Å². The highest BCUT2D eigenvalue weighted by Gasteiger charge is 2.20. The van der Waals surface area contributed by atoms with Crippen molar-refractivity contribution in [3.63, 3.8) is 0 Å². The molecule has 2 aromatic rings. The molecule has 21 heavy (non-hydrogen) atoms.